The zero-order valence-electron chi connectivity index (χ0n) is 6.85. The van der Waals surface area contributed by atoms with Crippen LogP contribution in [0.15, 0.2) is 12.1 Å². The minimum atomic E-state index is 0. The molecule has 0 saturated carbocycles. The summed E-state index contributed by atoms with van der Waals surface area (Å²) in [6, 6.07) is 3.49. The van der Waals surface area contributed by atoms with Crippen LogP contribution in [0.3, 0.4) is 0 Å². The SMILES string of the molecule is S=c1ccc2nnnn2[nH]1.[H-].[Na+]. The first-order valence-corrected chi connectivity index (χ1v) is 3.04. The maximum atomic E-state index is 4.83. The number of hydrogen-bond acceptors (Lipinski definition) is 4. The van der Waals surface area contributed by atoms with Gasteiger partial charge in [0.1, 0.15) is 4.64 Å². The molecule has 11 heavy (non-hydrogen) atoms. The Morgan fingerprint density at radius 1 is 1.55 bits per heavy atom. The van der Waals surface area contributed by atoms with Crippen LogP contribution in [0.4, 0.5) is 0 Å². The van der Waals surface area contributed by atoms with E-state index in [1.165, 1.54) is 4.63 Å². The van der Waals surface area contributed by atoms with Gasteiger partial charge in [-0.25, -0.2) is 0 Å². The molecule has 0 spiro atoms. The molecule has 0 bridgehead atoms. The fourth-order valence-corrected chi connectivity index (χ4v) is 0.824. The third kappa shape index (κ3) is 1.64. The van der Waals surface area contributed by atoms with Crippen LogP contribution in [0.2, 0.25) is 0 Å². The topological polar surface area (TPSA) is 58.9 Å². The molecule has 2 aromatic rings. The number of aromatic amines is 1. The molecule has 0 unspecified atom stereocenters. The quantitative estimate of drug-likeness (QED) is 0.351. The Kier molecular flexibility index (Phi) is 2.72. The van der Waals surface area contributed by atoms with Crippen molar-refractivity contribution < 1.29 is 31.0 Å². The number of aromatic nitrogens is 5. The van der Waals surface area contributed by atoms with Crippen molar-refractivity contribution in [2.75, 3.05) is 0 Å². The summed E-state index contributed by atoms with van der Waals surface area (Å²) in [7, 11) is 0. The van der Waals surface area contributed by atoms with Gasteiger partial charge in [0.2, 0.25) is 0 Å². The van der Waals surface area contributed by atoms with Gasteiger partial charge in [-0.05, 0) is 22.6 Å². The molecule has 52 valence electrons. The zero-order valence-corrected chi connectivity index (χ0v) is 8.67. The average molecular weight is 177 g/mol. The molecule has 0 radical (unpaired) electrons. The van der Waals surface area contributed by atoms with Gasteiger partial charge in [-0.15, -0.1) is 9.73 Å². The van der Waals surface area contributed by atoms with Crippen LogP contribution < -0.4 is 29.6 Å². The summed E-state index contributed by atoms with van der Waals surface area (Å²) in [4.78, 5) is 0. The van der Waals surface area contributed by atoms with E-state index in [1.807, 2.05) is 0 Å². The van der Waals surface area contributed by atoms with Gasteiger partial charge < -0.3 is 1.43 Å². The van der Waals surface area contributed by atoms with E-state index in [-0.39, 0.29) is 31.0 Å². The summed E-state index contributed by atoms with van der Waals surface area (Å²) in [6.45, 7) is 0. The van der Waals surface area contributed by atoms with E-state index in [2.05, 4.69) is 20.6 Å². The van der Waals surface area contributed by atoms with Crippen LogP contribution >= 0.6 is 12.2 Å². The van der Waals surface area contributed by atoms with Crippen LogP contribution in [-0.2, 0) is 0 Å². The minimum absolute atomic E-state index is 0. The van der Waals surface area contributed by atoms with Crippen LogP contribution in [0.1, 0.15) is 1.43 Å². The van der Waals surface area contributed by atoms with Gasteiger partial charge in [0, 0.05) is 0 Å². The molecule has 0 aliphatic carbocycles. The summed E-state index contributed by atoms with van der Waals surface area (Å²) in [5.41, 5.74) is 0.661. The van der Waals surface area contributed by atoms with E-state index >= 15 is 0 Å². The normalized spacial score (nSPS) is 9.45. The van der Waals surface area contributed by atoms with Gasteiger partial charge in [0.15, 0.2) is 5.65 Å². The van der Waals surface area contributed by atoms with Crippen LogP contribution in [0.25, 0.3) is 5.65 Å². The van der Waals surface area contributed by atoms with Crippen molar-refractivity contribution in [1.29, 1.82) is 0 Å². The monoisotopic (exact) mass is 177 g/mol. The maximum Gasteiger partial charge on any atom is 1.00 e. The molecule has 0 fully saturated rings. The molecule has 0 aliphatic rings. The Balaban J connectivity index is 0.000000605. The second-order valence-corrected chi connectivity index (χ2v) is 2.20. The van der Waals surface area contributed by atoms with Crippen molar-refractivity contribution in [3.05, 3.63) is 16.8 Å². The van der Waals surface area contributed by atoms with Gasteiger partial charge in [-0.3, -0.25) is 5.10 Å². The average Bonchev–Trinajstić information content (AvgIpc) is 2.33. The summed E-state index contributed by atoms with van der Waals surface area (Å²) in [5.74, 6) is 0. The molecule has 0 aromatic carbocycles. The predicted molar refractivity (Wildman–Crippen MR) is 37.1 cm³/mol. The van der Waals surface area contributed by atoms with E-state index < -0.39 is 0 Å². The predicted octanol–water partition coefficient (Wildman–Crippen LogP) is -2.70. The van der Waals surface area contributed by atoms with Crippen LogP contribution in [0, 0.1) is 4.64 Å². The second-order valence-electron chi connectivity index (χ2n) is 1.76. The molecule has 7 heteroatoms. The van der Waals surface area contributed by atoms with E-state index in [0.717, 1.165) is 0 Å². The Morgan fingerprint density at radius 3 is 3.18 bits per heavy atom. The van der Waals surface area contributed by atoms with E-state index in [9.17, 15) is 0 Å². The van der Waals surface area contributed by atoms with Crippen molar-refractivity contribution in [2.45, 2.75) is 0 Å². The molecule has 0 aliphatic heterocycles. The van der Waals surface area contributed by atoms with Gasteiger partial charge in [0.25, 0.3) is 0 Å². The van der Waals surface area contributed by atoms with Crippen molar-refractivity contribution in [1.82, 2.24) is 25.3 Å². The van der Waals surface area contributed by atoms with Crippen molar-refractivity contribution in [3.63, 3.8) is 0 Å². The van der Waals surface area contributed by atoms with Crippen LogP contribution in [0.5, 0.6) is 0 Å². The Hall–Kier alpha value is -0.300. The van der Waals surface area contributed by atoms with E-state index in [0.29, 0.717) is 10.3 Å². The zero-order chi connectivity index (χ0) is 6.97. The first-order valence-electron chi connectivity index (χ1n) is 2.64. The fraction of sp³-hybridized carbons (Fsp3) is 0. The molecule has 2 heterocycles. The number of fused-ring (bicyclic) bond motifs is 1. The molecule has 1 N–H and O–H groups in total. The number of nitrogens with zero attached hydrogens (tertiary/aromatic N) is 4. The molecule has 2 aromatic heterocycles. The number of rotatable bonds is 0. The number of H-pyrrole nitrogens is 1. The Morgan fingerprint density at radius 2 is 2.36 bits per heavy atom. The summed E-state index contributed by atoms with van der Waals surface area (Å²) in [6.07, 6.45) is 0. The van der Waals surface area contributed by atoms with Gasteiger partial charge in [-0.2, -0.15) is 0 Å². The molecule has 5 nitrogen and oxygen atoms in total. The third-order valence-corrected chi connectivity index (χ3v) is 1.32. The molecule has 2 rings (SSSR count). The molecule has 0 atom stereocenters. The number of nitrogens with one attached hydrogen (secondary N) is 1. The molecule has 0 amide bonds. The number of tetrazole rings is 1. The van der Waals surface area contributed by atoms with E-state index in [4.69, 9.17) is 12.2 Å². The fourth-order valence-electron chi connectivity index (χ4n) is 0.669. The van der Waals surface area contributed by atoms with Crippen LogP contribution in [-0.4, -0.2) is 25.3 Å². The molecule has 0 saturated heterocycles. The standard InChI is InChI=1S/C4H3N5S.Na.H/c10-4-2-1-3-5-7-8-9(3)6-4;;/h1-2H,(H,6,10);;/q;+1;-1. The van der Waals surface area contributed by atoms with Gasteiger partial charge in [-0.1, -0.05) is 12.2 Å². The first kappa shape index (κ1) is 8.79. The molecular weight excluding hydrogens is 173 g/mol. The number of hydrogen-bond donors (Lipinski definition) is 1. The summed E-state index contributed by atoms with van der Waals surface area (Å²) < 4.78 is 2.03. The third-order valence-electron chi connectivity index (χ3n) is 1.09. The summed E-state index contributed by atoms with van der Waals surface area (Å²) >= 11 is 4.83. The minimum Gasteiger partial charge on any atom is -1.00 e. The molecular formula is C4H4N5NaS. The Labute approximate surface area is 90.6 Å². The maximum absolute atomic E-state index is 4.83. The smallest absolute Gasteiger partial charge is 1.00 e. The Bertz CT molecular complexity index is 411. The second kappa shape index (κ2) is 3.40. The van der Waals surface area contributed by atoms with Crippen molar-refractivity contribution in [3.8, 4) is 0 Å². The first-order chi connectivity index (χ1) is 4.86. The van der Waals surface area contributed by atoms with Gasteiger partial charge >= 0.3 is 29.6 Å². The van der Waals surface area contributed by atoms with Crippen molar-refractivity contribution in [2.24, 2.45) is 0 Å². The van der Waals surface area contributed by atoms with Crippen molar-refractivity contribution >= 4 is 17.9 Å². The van der Waals surface area contributed by atoms with Gasteiger partial charge in [0.05, 0.1) is 0 Å². The summed E-state index contributed by atoms with van der Waals surface area (Å²) in [5, 5.41) is 13.5. The van der Waals surface area contributed by atoms with E-state index in [1.54, 1.807) is 12.1 Å². The largest absolute Gasteiger partial charge is 1.00 e.